The number of hydrogen-bond donors (Lipinski definition) is 1. The quantitative estimate of drug-likeness (QED) is 0.934. The number of ether oxygens (including phenoxy) is 2. The van der Waals surface area contributed by atoms with Crippen LogP contribution in [0.1, 0.15) is 30.1 Å². The van der Waals surface area contributed by atoms with Gasteiger partial charge in [-0.3, -0.25) is 0 Å². The predicted octanol–water partition coefficient (Wildman–Crippen LogP) is 3.48. The van der Waals surface area contributed by atoms with Crippen molar-refractivity contribution in [1.29, 1.82) is 0 Å². The van der Waals surface area contributed by atoms with Gasteiger partial charge in [-0.2, -0.15) is 0 Å². The molecule has 0 spiro atoms. The van der Waals surface area contributed by atoms with Gasteiger partial charge in [-0.15, -0.1) is 0 Å². The van der Waals surface area contributed by atoms with E-state index in [1.54, 1.807) is 12.1 Å². The summed E-state index contributed by atoms with van der Waals surface area (Å²) >= 11 is 0. The van der Waals surface area contributed by atoms with Gasteiger partial charge in [-0.25, -0.2) is 4.79 Å². The normalized spacial score (nSPS) is 21.6. The minimum atomic E-state index is -0.970. The Morgan fingerprint density at radius 2 is 2.10 bits per heavy atom. The molecule has 0 amide bonds. The van der Waals surface area contributed by atoms with Crippen molar-refractivity contribution in [3.05, 3.63) is 42.0 Å². The van der Waals surface area contributed by atoms with Crippen LogP contribution < -0.4 is 4.74 Å². The monoisotopic (exact) mass is 286 g/mol. The van der Waals surface area contributed by atoms with E-state index in [1.165, 1.54) is 0 Å². The van der Waals surface area contributed by atoms with Crippen LogP contribution in [0.25, 0.3) is 10.8 Å². The second-order valence-electron chi connectivity index (χ2n) is 5.42. The lowest BCUT2D eigenvalue weighted by Gasteiger charge is -2.15. The van der Waals surface area contributed by atoms with E-state index in [2.05, 4.69) is 0 Å². The Morgan fingerprint density at radius 3 is 2.81 bits per heavy atom. The van der Waals surface area contributed by atoms with Crippen molar-refractivity contribution in [2.45, 2.75) is 32.0 Å². The molecular weight excluding hydrogens is 268 g/mol. The van der Waals surface area contributed by atoms with Gasteiger partial charge in [-0.05, 0) is 36.6 Å². The molecule has 1 aliphatic rings. The van der Waals surface area contributed by atoms with Crippen LogP contribution in [0.5, 0.6) is 5.75 Å². The highest BCUT2D eigenvalue weighted by atomic mass is 16.5. The fourth-order valence-electron chi connectivity index (χ4n) is 2.78. The highest BCUT2D eigenvalue weighted by Gasteiger charge is 2.23. The second-order valence-corrected chi connectivity index (χ2v) is 5.42. The fraction of sp³-hybridized carbons (Fsp3) is 0.353. The maximum absolute atomic E-state index is 11.6. The van der Waals surface area contributed by atoms with Crippen LogP contribution in [-0.4, -0.2) is 29.9 Å². The number of carboxylic acids is 1. The zero-order chi connectivity index (χ0) is 14.8. The molecule has 21 heavy (non-hydrogen) atoms. The van der Waals surface area contributed by atoms with Gasteiger partial charge in [0.1, 0.15) is 17.9 Å². The molecule has 2 aromatic rings. The molecule has 0 aliphatic carbocycles. The number of aromatic carboxylic acids is 1. The molecule has 0 bridgehead atoms. The highest BCUT2D eigenvalue weighted by molar-refractivity contribution is 6.06. The van der Waals surface area contributed by atoms with Crippen molar-refractivity contribution in [2.24, 2.45) is 0 Å². The summed E-state index contributed by atoms with van der Waals surface area (Å²) in [5, 5.41) is 11.1. The van der Waals surface area contributed by atoms with Crippen LogP contribution in [0, 0.1) is 0 Å². The molecular formula is C17H18O4. The Kier molecular flexibility index (Phi) is 3.80. The topological polar surface area (TPSA) is 55.8 Å². The smallest absolute Gasteiger partial charge is 0.340 e. The van der Waals surface area contributed by atoms with Crippen molar-refractivity contribution >= 4 is 16.7 Å². The molecule has 0 saturated carbocycles. The first-order valence-corrected chi connectivity index (χ1v) is 7.18. The summed E-state index contributed by atoms with van der Waals surface area (Å²) in [6.45, 7) is 2.43. The Morgan fingerprint density at radius 1 is 1.29 bits per heavy atom. The van der Waals surface area contributed by atoms with Crippen LogP contribution in [-0.2, 0) is 4.74 Å². The third-order valence-electron chi connectivity index (χ3n) is 3.85. The number of benzene rings is 2. The maximum Gasteiger partial charge on any atom is 0.340 e. The van der Waals surface area contributed by atoms with Crippen molar-refractivity contribution in [2.75, 3.05) is 6.61 Å². The minimum absolute atomic E-state index is 0.0492. The van der Waals surface area contributed by atoms with Gasteiger partial charge in [0.2, 0.25) is 0 Å². The lowest BCUT2D eigenvalue weighted by atomic mass is 10.0. The van der Waals surface area contributed by atoms with Gasteiger partial charge in [0.05, 0.1) is 12.2 Å². The van der Waals surface area contributed by atoms with Crippen LogP contribution in [0.4, 0.5) is 0 Å². The average Bonchev–Trinajstić information content (AvgIpc) is 2.89. The summed E-state index contributed by atoms with van der Waals surface area (Å²) in [4.78, 5) is 11.6. The van der Waals surface area contributed by atoms with E-state index >= 15 is 0 Å². The van der Waals surface area contributed by atoms with Gasteiger partial charge >= 0.3 is 5.97 Å². The molecule has 1 heterocycles. The van der Waals surface area contributed by atoms with E-state index in [9.17, 15) is 9.90 Å². The molecule has 1 fully saturated rings. The Labute approximate surface area is 123 Å². The largest absolute Gasteiger partial charge is 0.490 e. The summed E-state index contributed by atoms with van der Waals surface area (Å²) in [5.41, 5.74) is 0.221. The third kappa shape index (κ3) is 2.85. The zero-order valence-corrected chi connectivity index (χ0v) is 11.9. The Hall–Kier alpha value is -2.07. The summed E-state index contributed by atoms with van der Waals surface area (Å²) in [6.07, 6.45) is 2.29. The van der Waals surface area contributed by atoms with Gasteiger partial charge < -0.3 is 14.6 Å². The summed E-state index contributed by atoms with van der Waals surface area (Å²) in [5.74, 6) is -0.563. The molecule has 2 unspecified atom stereocenters. The van der Waals surface area contributed by atoms with E-state index in [0.29, 0.717) is 17.7 Å². The van der Waals surface area contributed by atoms with Crippen molar-refractivity contribution in [1.82, 2.24) is 0 Å². The molecule has 1 aliphatic heterocycles. The number of fused-ring (bicyclic) bond motifs is 1. The predicted molar refractivity (Wildman–Crippen MR) is 80.0 cm³/mol. The van der Waals surface area contributed by atoms with Crippen LogP contribution in [0.15, 0.2) is 36.4 Å². The lowest BCUT2D eigenvalue weighted by Crippen LogP contribution is -2.19. The van der Waals surface area contributed by atoms with E-state index in [1.807, 2.05) is 31.2 Å². The number of hydrogen-bond acceptors (Lipinski definition) is 3. The van der Waals surface area contributed by atoms with Gasteiger partial charge in [0, 0.05) is 0 Å². The van der Waals surface area contributed by atoms with Crippen molar-refractivity contribution < 1.29 is 19.4 Å². The number of carbonyl (C=O) groups is 1. The van der Waals surface area contributed by atoms with Crippen molar-refractivity contribution in [3.8, 4) is 5.75 Å². The average molecular weight is 286 g/mol. The van der Waals surface area contributed by atoms with Gasteiger partial charge in [-0.1, -0.05) is 30.3 Å². The van der Waals surface area contributed by atoms with E-state index in [0.717, 1.165) is 18.2 Å². The molecule has 2 atom stereocenters. The molecule has 2 aromatic carbocycles. The number of carboxylic acid groups (broad SMARTS) is 1. The van der Waals surface area contributed by atoms with Gasteiger partial charge in [0.15, 0.2) is 0 Å². The van der Waals surface area contributed by atoms with Crippen molar-refractivity contribution in [3.63, 3.8) is 0 Å². The Bertz CT molecular complexity index is 665. The van der Waals surface area contributed by atoms with Crippen LogP contribution in [0.3, 0.4) is 0 Å². The molecule has 0 radical (unpaired) electrons. The summed E-state index contributed by atoms with van der Waals surface area (Å²) < 4.78 is 11.4. The first-order chi connectivity index (χ1) is 10.1. The van der Waals surface area contributed by atoms with E-state index in [4.69, 9.17) is 9.47 Å². The maximum atomic E-state index is 11.6. The lowest BCUT2D eigenvalue weighted by molar-refractivity contribution is 0.0259. The first-order valence-electron chi connectivity index (χ1n) is 7.18. The van der Waals surface area contributed by atoms with E-state index < -0.39 is 5.97 Å². The zero-order valence-electron chi connectivity index (χ0n) is 11.9. The fourth-order valence-corrected chi connectivity index (χ4v) is 2.78. The third-order valence-corrected chi connectivity index (χ3v) is 3.85. The standard InChI is InChI=1S/C17H18O4/c1-11-6-8-13(21-11)10-20-15-9-7-12-4-2-3-5-14(12)16(15)17(18)19/h2-5,7,9,11,13H,6,8,10H2,1H3,(H,18,19). The summed E-state index contributed by atoms with van der Waals surface area (Å²) in [7, 11) is 0. The van der Waals surface area contributed by atoms with Gasteiger partial charge in [0.25, 0.3) is 0 Å². The summed E-state index contributed by atoms with van der Waals surface area (Å²) in [6, 6.07) is 11.0. The van der Waals surface area contributed by atoms with Crippen LogP contribution >= 0.6 is 0 Å². The minimum Gasteiger partial charge on any atom is -0.490 e. The number of rotatable bonds is 4. The van der Waals surface area contributed by atoms with Crippen LogP contribution in [0.2, 0.25) is 0 Å². The SMILES string of the molecule is CC1CCC(COc2ccc3ccccc3c2C(=O)O)O1. The molecule has 1 N–H and O–H groups in total. The molecule has 0 aromatic heterocycles. The molecule has 1 saturated heterocycles. The molecule has 4 heteroatoms. The molecule has 4 nitrogen and oxygen atoms in total. The Balaban J connectivity index is 1.87. The molecule has 3 rings (SSSR count). The van der Waals surface area contributed by atoms with E-state index in [-0.39, 0.29) is 17.8 Å². The first kappa shape index (κ1) is 13.9. The molecule has 110 valence electrons. The second kappa shape index (κ2) is 5.74. The highest BCUT2D eigenvalue weighted by Crippen LogP contribution is 2.29.